The van der Waals surface area contributed by atoms with Crippen molar-refractivity contribution >= 4 is 16.8 Å². The van der Waals surface area contributed by atoms with Crippen LogP contribution in [0.4, 0.5) is 0 Å². The molecule has 4 heteroatoms. The van der Waals surface area contributed by atoms with Gasteiger partial charge in [0.05, 0.1) is 0 Å². The summed E-state index contributed by atoms with van der Waals surface area (Å²) in [5.41, 5.74) is 0.208. The number of rotatable bonds is 1. The van der Waals surface area contributed by atoms with Crippen LogP contribution in [0.25, 0.3) is 0 Å². The minimum atomic E-state index is -0.575. The van der Waals surface area contributed by atoms with Gasteiger partial charge in [-0.3, -0.25) is 4.79 Å². The number of hydrogen-bond acceptors (Lipinski definition) is 3. The van der Waals surface area contributed by atoms with Gasteiger partial charge in [0.2, 0.25) is 0 Å². The maximum atomic E-state index is 10.5. The standard InChI is InChI=1S/C6H6ClNO2/c1-3-5(6(7)9)8-4(2)10-3/h1-2H3. The number of carbonyl (C=O) groups excluding carboxylic acids is 1. The molecule has 0 bridgehead atoms. The molecule has 0 saturated heterocycles. The summed E-state index contributed by atoms with van der Waals surface area (Å²) in [5, 5.41) is -0.575. The van der Waals surface area contributed by atoms with Gasteiger partial charge in [-0.2, -0.15) is 0 Å². The summed E-state index contributed by atoms with van der Waals surface area (Å²) in [6.45, 7) is 3.31. The van der Waals surface area contributed by atoms with Crippen LogP contribution in [0.5, 0.6) is 0 Å². The number of carbonyl (C=O) groups is 1. The maximum Gasteiger partial charge on any atom is 0.274 e. The average Bonchev–Trinajstić information content (AvgIpc) is 2.10. The highest BCUT2D eigenvalue weighted by molar-refractivity contribution is 6.67. The Balaban J connectivity index is 3.15. The molecule has 0 spiro atoms. The van der Waals surface area contributed by atoms with Crippen molar-refractivity contribution in [1.29, 1.82) is 0 Å². The van der Waals surface area contributed by atoms with Crippen molar-refractivity contribution in [2.45, 2.75) is 13.8 Å². The summed E-state index contributed by atoms with van der Waals surface area (Å²) in [5.74, 6) is 0.930. The average molecular weight is 160 g/mol. The fraction of sp³-hybridized carbons (Fsp3) is 0.333. The van der Waals surface area contributed by atoms with Crippen molar-refractivity contribution in [2.75, 3.05) is 0 Å². The Morgan fingerprint density at radius 3 is 2.40 bits per heavy atom. The Kier molecular flexibility index (Phi) is 1.76. The third-order valence-electron chi connectivity index (χ3n) is 1.09. The SMILES string of the molecule is Cc1nc(C(=O)Cl)c(C)o1. The third-order valence-corrected chi connectivity index (χ3v) is 1.27. The van der Waals surface area contributed by atoms with Gasteiger partial charge >= 0.3 is 0 Å². The van der Waals surface area contributed by atoms with E-state index in [1.807, 2.05) is 0 Å². The highest BCUT2D eigenvalue weighted by Crippen LogP contribution is 2.10. The molecule has 0 aromatic carbocycles. The van der Waals surface area contributed by atoms with Gasteiger partial charge in [-0.15, -0.1) is 0 Å². The molecule has 1 heterocycles. The number of oxazole rings is 1. The smallest absolute Gasteiger partial charge is 0.274 e. The lowest BCUT2D eigenvalue weighted by Gasteiger charge is -1.81. The molecule has 0 aliphatic carbocycles. The molecule has 0 atom stereocenters. The Morgan fingerprint density at radius 1 is 1.60 bits per heavy atom. The molecular weight excluding hydrogens is 154 g/mol. The minimum absolute atomic E-state index is 0.208. The first-order valence-electron chi connectivity index (χ1n) is 2.75. The second kappa shape index (κ2) is 2.42. The van der Waals surface area contributed by atoms with Crippen LogP contribution in [-0.2, 0) is 0 Å². The maximum absolute atomic E-state index is 10.5. The van der Waals surface area contributed by atoms with Gasteiger partial charge < -0.3 is 4.42 Å². The van der Waals surface area contributed by atoms with Crippen molar-refractivity contribution in [3.63, 3.8) is 0 Å². The predicted molar refractivity (Wildman–Crippen MR) is 36.2 cm³/mol. The quantitative estimate of drug-likeness (QED) is 0.586. The van der Waals surface area contributed by atoms with Crippen LogP contribution < -0.4 is 0 Å². The van der Waals surface area contributed by atoms with Crippen molar-refractivity contribution in [2.24, 2.45) is 0 Å². The molecule has 0 unspecified atom stereocenters. The van der Waals surface area contributed by atoms with E-state index in [0.717, 1.165) is 0 Å². The van der Waals surface area contributed by atoms with E-state index >= 15 is 0 Å². The Bertz CT molecular complexity index is 267. The molecule has 0 N–H and O–H groups in total. The molecule has 0 amide bonds. The first kappa shape index (κ1) is 7.28. The fourth-order valence-corrected chi connectivity index (χ4v) is 0.887. The molecular formula is C6H6ClNO2. The lowest BCUT2D eigenvalue weighted by Crippen LogP contribution is -1.90. The van der Waals surface area contributed by atoms with Gasteiger partial charge in [-0.1, -0.05) is 0 Å². The van der Waals surface area contributed by atoms with E-state index in [4.69, 9.17) is 16.0 Å². The fourth-order valence-electron chi connectivity index (χ4n) is 0.711. The largest absolute Gasteiger partial charge is 0.445 e. The predicted octanol–water partition coefficient (Wildman–Crippen LogP) is 1.67. The number of hydrogen-bond donors (Lipinski definition) is 0. The van der Waals surface area contributed by atoms with Gasteiger partial charge in [0, 0.05) is 6.92 Å². The van der Waals surface area contributed by atoms with E-state index in [1.165, 1.54) is 0 Å². The molecule has 3 nitrogen and oxygen atoms in total. The van der Waals surface area contributed by atoms with Gasteiger partial charge in [-0.25, -0.2) is 4.98 Å². The zero-order chi connectivity index (χ0) is 7.72. The van der Waals surface area contributed by atoms with Crippen molar-refractivity contribution in [3.05, 3.63) is 17.3 Å². The summed E-state index contributed by atoms with van der Waals surface area (Å²) in [6.07, 6.45) is 0. The summed E-state index contributed by atoms with van der Waals surface area (Å²) >= 11 is 5.16. The molecule has 0 radical (unpaired) electrons. The molecule has 1 rings (SSSR count). The lowest BCUT2D eigenvalue weighted by molar-refractivity contribution is 0.107. The zero-order valence-corrected chi connectivity index (χ0v) is 6.40. The molecule has 10 heavy (non-hydrogen) atoms. The highest BCUT2D eigenvalue weighted by atomic mass is 35.5. The van der Waals surface area contributed by atoms with Gasteiger partial charge in [0.25, 0.3) is 5.24 Å². The van der Waals surface area contributed by atoms with E-state index in [-0.39, 0.29) is 5.69 Å². The molecule has 0 saturated carbocycles. The molecule has 1 aromatic heterocycles. The molecule has 0 aliphatic heterocycles. The second-order valence-corrected chi connectivity index (χ2v) is 2.25. The zero-order valence-electron chi connectivity index (χ0n) is 5.64. The van der Waals surface area contributed by atoms with Crippen LogP contribution in [0, 0.1) is 13.8 Å². The van der Waals surface area contributed by atoms with Gasteiger partial charge in [-0.05, 0) is 18.5 Å². The first-order valence-corrected chi connectivity index (χ1v) is 3.13. The highest BCUT2D eigenvalue weighted by Gasteiger charge is 2.11. The van der Waals surface area contributed by atoms with E-state index in [0.29, 0.717) is 11.7 Å². The number of nitrogens with zero attached hydrogens (tertiary/aromatic N) is 1. The van der Waals surface area contributed by atoms with Crippen molar-refractivity contribution < 1.29 is 9.21 Å². The van der Waals surface area contributed by atoms with E-state index in [1.54, 1.807) is 13.8 Å². The van der Waals surface area contributed by atoms with Crippen LogP contribution in [0.3, 0.4) is 0 Å². The number of aryl methyl sites for hydroxylation is 2. The van der Waals surface area contributed by atoms with E-state index in [2.05, 4.69) is 4.98 Å². The van der Waals surface area contributed by atoms with Crippen LogP contribution in [0.2, 0.25) is 0 Å². The topological polar surface area (TPSA) is 43.1 Å². The number of halogens is 1. The lowest BCUT2D eigenvalue weighted by atomic mass is 10.4. The Hall–Kier alpha value is -0.830. The Labute approximate surface area is 63.0 Å². The molecule has 0 aliphatic rings. The van der Waals surface area contributed by atoms with Gasteiger partial charge in [0.1, 0.15) is 5.76 Å². The second-order valence-electron chi connectivity index (χ2n) is 1.91. The summed E-state index contributed by atoms with van der Waals surface area (Å²) in [7, 11) is 0. The Morgan fingerprint density at radius 2 is 2.20 bits per heavy atom. The van der Waals surface area contributed by atoms with Crippen LogP contribution >= 0.6 is 11.6 Å². The first-order chi connectivity index (χ1) is 4.61. The molecule has 0 fully saturated rings. The van der Waals surface area contributed by atoms with Gasteiger partial charge in [0.15, 0.2) is 11.6 Å². The minimum Gasteiger partial charge on any atom is -0.445 e. The van der Waals surface area contributed by atoms with Crippen molar-refractivity contribution in [3.8, 4) is 0 Å². The summed E-state index contributed by atoms with van der Waals surface area (Å²) in [6, 6.07) is 0. The van der Waals surface area contributed by atoms with E-state index in [9.17, 15) is 4.79 Å². The van der Waals surface area contributed by atoms with E-state index < -0.39 is 5.24 Å². The summed E-state index contributed by atoms with van der Waals surface area (Å²) < 4.78 is 4.96. The van der Waals surface area contributed by atoms with Crippen LogP contribution in [0.1, 0.15) is 22.1 Å². The van der Waals surface area contributed by atoms with Crippen LogP contribution in [0.15, 0.2) is 4.42 Å². The number of aromatic nitrogens is 1. The van der Waals surface area contributed by atoms with Crippen molar-refractivity contribution in [1.82, 2.24) is 4.98 Å². The summed E-state index contributed by atoms with van der Waals surface area (Å²) in [4.78, 5) is 14.3. The molecule has 54 valence electrons. The normalized spacial score (nSPS) is 9.90. The monoisotopic (exact) mass is 159 g/mol. The molecule has 1 aromatic rings. The third kappa shape index (κ3) is 1.19. The van der Waals surface area contributed by atoms with Crippen LogP contribution in [-0.4, -0.2) is 10.2 Å².